The smallest absolute Gasteiger partial charge is 0.374 e. The van der Waals surface area contributed by atoms with Crippen molar-refractivity contribution in [2.24, 2.45) is 0 Å². The Bertz CT molecular complexity index is 791. The maximum atomic E-state index is 10.8. The zero-order valence-electron chi connectivity index (χ0n) is 10.7. The number of carbonyl (C=O) groups is 1. The Balaban J connectivity index is 2.05. The van der Waals surface area contributed by atoms with Crippen LogP contribution >= 0.6 is 0 Å². The van der Waals surface area contributed by atoms with E-state index in [9.17, 15) is 4.79 Å². The van der Waals surface area contributed by atoms with Gasteiger partial charge in [0.1, 0.15) is 11.4 Å². The van der Waals surface area contributed by atoms with E-state index in [0.29, 0.717) is 5.69 Å². The number of hydrogen-bond donors (Lipinski definition) is 1. The molecule has 0 radical (unpaired) electrons. The average molecular weight is 269 g/mol. The van der Waals surface area contributed by atoms with Crippen molar-refractivity contribution in [1.29, 1.82) is 0 Å². The molecule has 0 fully saturated rings. The molecule has 5 heteroatoms. The van der Waals surface area contributed by atoms with E-state index in [1.807, 2.05) is 36.4 Å². The second-order valence-corrected chi connectivity index (χ2v) is 4.31. The van der Waals surface area contributed by atoms with Gasteiger partial charge < -0.3 is 14.4 Å². The van der Waals surface area contributed by atoms with Crippen LogP contribution < -0.4 is 4.74 Å². The van der Waals surface area contributed by atoms with Gasteiger partial charge in [0.15, 0.2) is 0 Å². The van der Waals surface area contributed by atoms with E-state index in [4.69, 9.17) is 14.4 Å². The Labute approximate surface area is 114 Å². The summed E-state index contributed by atoms with van der Waals surface area (Å²) in [6, 6.07) is 12.9. The van der Waals surface area contributed by atoms with E-state index >= 15 is 0 Å². The van der Waals surface area contributed by atoms with Crippen molar-refractivity contribution in [2.75, 3.05) is 7.11 Å². The number of aromatic carboxylic acids is 1. The number of aromatic nitrogens is 1. The predicted molar refractivity (Wildman–Crippen MR) is 73.0 cm³/mol. The highest BCUT2D eigenvalue weighted by atomic mass is 16.5. The maximum absolute atomic E-state index is 10.8. The number of hydrogen-bond acceptors (Lipinski definition) is 4. The van der Waals surface area contributed by atoms with Crippen molar-refractivity contribution >= 4 is 16.7 Å². The molecule has 1 N–H and O–H groups in total. The molecule has 2 aromatic carbocycles. The van der Waals surface area contributed by atoms with Crippen LogP contribution in [0, 0.1) is 0 Å². The third kappa shape index (κ3) is 2.09. The zero-order valence-corrected chi connectivity index (χ0v) is 10.7. The first-order valence-electron chi connectivity index (χ1n) is 5.95. The van der Waals surface area contributed by atoms with Crippen LogP contribution in [0.3, 0.4) is 0 Å². The fraction of sp³-hybridized carbons (Fsp3) is 0.0667. The van der Waals surface area contributed by atoms with E-state index in [1.165, 1.54) is 6.07 Å². The Kier molecular flexibility index (Phi) is 2.87. The molecule has 0 unspecified atom stereocenters. The standard InChI is InChI=1S/C15H11NO4/c1-19-12-5-4-9-6-11(3-2-10(9)7-12)13-8-14(15(17)18)20-16-13/h2-8H,1H3,(H,17,18). The van der Waals surface area contributed by atoms with Gasteiger partial charge in [-0.15, -0.1) is 0 Å². The first-order chi connectivity index (χ1) is 9.67. The number of nitrogens with zero attached hydrogens (tertiary/aromatic N) is 1. The van der Waals surface area contributed by atoms with Gasteiger partial charge in [0.2, 0.25) is 5.76 Å². The summed E-state index contributed by atoms with van der Waals surface area (Å²) in [4.78, 5) is 10.8. The van der Waals surface area contributed by atoms with Gasteiger partial charge in [-0.25, -0.2) is 4.79 Å². The second kappa shape index (κ2) is 4.70. The maximum Gasteiger partial charge on any atom is 0.374 e. The lowest BCUT2D eigenvalue weighted by Crippen LogP contribution is -1.91. The van der Waals surface area contributed by atoms with Crippen molar-refractivity contribution < 1.29 is 19.2 Å². The van der Waals surface area contributed by atoms with Crippen LogP contribution in [0.4, 0.5) is 0 Å². The summed E-state index contributed by atoms with van der Waals surface area (Å²) in [5.74, 6) is -0.510. The van der Waals surface area contributed by atoms with Gasteiger partial charge in [0.05, 0.1) is 7.11 Å². The second-order valence-electron chi connectivity index (χ2n) is 4.31. The van der Waals surface area contributed by atoms with Crippen molar-refractivity contribution in [2.45, 2.75) is 0 Å². The van der Waals surface area contributed by atoms with Crippen molar-refractivity contribution in [3.8, 4) is 17.0 Å². The molecule has 0 amide bonds. The minimum atomic E-state index is -1.13. The minimum absolute atomic E-state index is 0.171. The molecule has 0 bridgehead atoms. The quantitative estimate of drug-likeness (QED) is 0.790. The van der Waals surface area contributed by atoms with Gasteiger partial charge in [-0.1, -0.05) is 23.4 Å². The molecule has 0 saturated heterocycles. The topological polar surface area (TPSA) is 72.6 Å². The molecule has 0 atom stereocenters. The minimum Gasteiger partial charge on any atom is -0.497 e. The fourth-order valence-corrected chi connectivity index (χ4v) is 2.02. The normalized spacial score (nSPS) is 10.7. The Morgan fingerprint density at radius 1 is 1.15 bits per heavy atom. The number of carboxylic acid groups (broad SMARTS) is 1. The third-order valence-corrected chi connectivity index (χ3v) is 3.06. The lowest BCUT2D eigenvalue weighted by molar-refractivity contribution is 0.0652. The van der Waals surface area contributed by atoms with Crippen molar-refractivity contribution in [1.82, 2.24) is 5.16 Å². The van der Waals surface area contributed by atoms with Crippen molar-refractivity contribution in [3.63, 3.8) is 0 Å². The summed E-state index contributed by atoms with van der Waals surface area (Å²) in [5.41, 5.74) is 1.30. The summed E-state index contributed by atoms with van der Waals surface area (Å²) in [6.07, 6.45) is 0. The van der Waals surface area contributed by atoms with E-state index in [-0.39, 0.29) is 5.76 Å². The average Bonchev–Trinajstić information content (AvgIpc) is 2.96. The van der Waals surface area contributed by atoms with Crippen LogP contribution in [0.25, 0.3) is 22.0 Å². The summed E-state index contributed by atoms with van der Waals surface area (Å²) < 4.78 is 9.93. The molecule has 0 aliphatic heterocycles. The van der Waals surface area contributed by atoms with Gasteiger partial charge >= 0.3 is 5.97 Å². The Morgan fingerprint density at radius 3 is 2.60 bits per heavy atom. The number of carboxylic acids is 1. The van der Waals surface area contributed by atoms with E-state index in [0.717, 1.165) is 22.1 Å². The molecule has 0 saturated carbocycles. The molecular weight excluding hydrogens is 258 g/mol. The molecule has 0 aliphatic carbocycles. The Hall–Kier alpha value is -2.82. The molecule has 20 heavy (non-hydrogen) atoms. The molecule has 5 nitrogen and oxygen atoms in total. The van der Waals surface area contributed by atoms with Crippen molar-refractivity contribution in [3.05, 3.63) is 48.2 Å². The summed E-state index contributed by atoms with van der Waals surface area (Å²) >= 11 is 0. The van der Waals surface area contributed by atoms with Gasteiger partial charge in [-0.2, -0.15) is 0 Å². The molecule has 0 aliphatic rings. The van der Waals surface area contributed by atoms with Crippen LogP contribution in [0.2, 0.25) is 0 Å². The van der Waals surface area contributed by atoms with Gasteiger partial charge in [0, 0.05) is 11.6 Å². The number of ether oxygens (including phenoxy) is 1. The molecule has 3 aromatic rings. The first kappa shape index (κ1) is 12.2. The van der Waals surface area contributed by atoms with Gasteiger partial charge in [-0.3, -0.25) is 0 Å². The highest BCUT2D eigenvalue weighted by Crippen LogP contribution is 2.26. The van der Waals surface area contributed by atoms with E-state index < -0.39 is 5.97 Å². The van der Waals surface area contributed by atoms with Crippen LogP contribution in [0.1, 0.15) is 10.6 Å². The van der Waals surface area contributed by atoms with E-state index in [2.05, 4.69) is 5.16 Å². The molecular formula is C15H11NO4. The lowest BCUT2D eigenvalue weighted by atomic mass is 10.0. The fourth-order valence-electron chi connectivity index (χ4n) is 2.02. The van der Waals surface area contributed by atoms with Crippen LogP contribution in [-0.4, -0.2) is 23.3 Å². The molecule has 1 heterocycles. The zero-order chi connectivity index (χ0) is 14.1. The highest BCUT2D eigenvalue weighted by Gasteiger charge is 2.12. The van der Waals surface area contributed by atoms with Gasteiger partial charge in [0.25, 0.3) is 0 Å². The lowest BCUT2D eigenvalue weighted by Gasteiger charge is -2.03. The van der Waals surface area contributed by atoms with Crippen LogP contribution in [0.15, 0.2) is 47.0 Å². The highest BCUT2D eigenvalue weighted by molar-refractivity contribution is 5.89. The monoisotopic (exact) mass is 269 g/mol. The molecule has 0 spiro atoms. The number of rotatable bonds is 3. The number of benzene rings is 2. The predicted octanol–water partition coefficient (Wildman–Crippen LogP) is 3.20. The van der Waals surface area contributed by atoms with Crippen LogP contribution in [0.5, 0.6) is 5.75 Å². The number of fused-ring (bicyclic) bond motifs is 1. The summed E-state index contributed by atoms with van der Waals surface area (Å²) in [7, 11) is 1.62. The molecule has 100 valence electrons. The Morgan fingerprint density at radius 2 is 1.90 bits per heavy atom. The SMILES string of the molecule is COc1ccc2cc(-c3cc(C(=O)O)on3)ccc2c1. The largest absolute Gasteiger partial charge is 0.497 e. The molecule has 1 aromatic heterocycles. The van der Waals surface area contributed by atoms with Crippen LogP contribution in [-0.2, 0) is 0 Å². The molecule has 3 rings (SSSR count). The van der Waals surface area contributed by atoms with Gasteiger partial charge in [-0.05, 0) is 29.0 Å². The number of methoxy groups -OCH3 is 1. The summed E-state index contributed by atoms with van der Waals surface area (Å²) in [5, 5.41) is 14.6. The third-order valence-electron chi connectivity index (χ3n) is 3.06. The first-order valence-corrected chi connectivity index (χ1v) is 5.95. The summed E-state index contributed by atoms with van der Waals surface area (Å²) in [6.45, 7) is 0. The van der Waals surface area contributed by atoms with E-state index in [1.54, 1.807) is 7.11 Å².